The van der Waals surface area contributed by atoms with Crippen molar-refractivity contribution in [2.45, 2.75) is 6.10 Å². The summed E-state index contributed by atoms with van der Waals surface area (Å²) in [6.45, 7) is 0.106. The highest BCUT2D eigenvalue weighted by Crippen LogP contribution is 2.35. The number of anilines is 1. The standard InChI is InChI=1S/C19H15ClN2O5/c1-24-12-3-5-15-16(7-12)27-18(9-25-15)19(23)22-11-2-4-13(14(20)6-11)17-8-21-10-26-17/h2-8,10,18H,9H2,1H3,(H,22,23). The molecular formula is C19H15ClN2O5. The van der Waals surface area contributed by atoms with Crippen molar-refractivity contribution < 1.29 is 23.4 Å². The second kappa shape index (κ2) is 7.20. The number of methoxy groups -OCH3 is 1. The Morgan fingerprint density at radius 3 is 2.89 bits per heavy atom. The number of nitrogens with one attached hydrogen (secondary N) is 1. The molecule has 4 rings (SSSR count). The summed E-state index contributed by atoms with van der Waals surface area (Å²) in [5.41, 5.74) is 1.22. The summed E-state index contributed by atoms with van der Waals surface area (Å²) in [5.74, 6) is 1.85. The van der Waals surface area contributed by atoms with Crippen molar-refractivity contribution in [3.05, 3.63) is 54.0 Å². The van der Waals surface area contributed by atoms with Gasteiger partial charge in [0, 0.05) is 17.3 Å². The molecule has 2 aromatic carbocycles. The normalized spacial score (nSPS) is 15.3. The van der Waals surface area contributed by atoms with Gasteiger partial charge in [-0.1, -0.05) is 11.6 Å². The first-order chi connectivity index (χ1) is 13.1. The Bertz CT molecular complexity index is 974. The minimum atomic E-state index is -0.794. The zero-order valence-electron chi connectivity index (χ0n) is 14.3. The van der Waals surface area contributed by atoms with Gasteiger partial charge in [0.25, 0.3) is 5.91 Å². The summed E-state index contributed by atoms with van der Waals surface area (Å²) < 4.78 is 21.8. The number of nitrogens with zero attached hydrogens (tertiary/aromatic N) is 1. The van der Waals surface area contributed by atoms with Gasteiger partial charge >= 0.3 is 0 Å². The first-order valence-corrected chi connectivity index (χ1v) is 8.48. The molecule has 0 saturated heterocycles. The maximum absolute atomic E-state index is 12.5. The maximum Gasteiger partial charge on any atom is 0.269 e. The Morgan fingerprint density at radius 1 is 1.26 bits per heavy atom. The number of aromatic nitrogens is 1. The van der Waals surface area contributed by atoms with Gasteiger partial charge in [0.15, 0.2) is 23.7 Å². The van der Waals surface area contributed by atoms with Crippen LogP contribution >= 0.6 is 11.6 Å². The second-order valence-corrected chi connectivity index (χ2v) is 6.19. The third-order valence-electron chi connectivity index (χ3n) is 4.04. The lowest BCUT2D eigenvalue weighted by Gasteiger charge is -2.26. The molecule has 0 aliphatic carbocycles. The molecule has 0 saturated carbocycles. The number of rotatable bonds is 4. The van der Waals surface area contributed by atoms with Gasteiger partial charge in [0.2, 0.25) is 6.10 Å². The zero-order valence-corrected chi connectivity index (χ0v) is 15.0. The third-order valence-corrected chi connectivity index (χ3v) is 4.35. The van der Waals surface area contributed by atoms with E-state index in [1.54, 1.807) is 49.7 Å². The maximum atomic E-state index is 12.5. The Morgan fingerprint density at radius 2 is 2.15 bits per heavy atom. The fourth-order valence-electron chi connectivity index (χ4n) is 2.67. The zero-order chi connectivity index (χ0) is 18.8. The average Bonchev–Trinajstić information content (AvgIpc) is 3.21. The van der Waals surface area contributed by atoms with Crippen LogP contribution in [0.15, 0.2) is 53.4 Å². The number of hydrogen-bond acceptors (Lipinski definition) is 6. The molecule has 7 nitrogen and oxygen atoms in total. The molecule has 1 atom stereocenters. The van der Waals surface area contributed by atoms with Crippen LogP contribution in [0.4, 0.5) is 5.69 Å². The van der Waals surface area contributed by atoms with Crippen LogP contribution in [0, 0.1) is 0 Å². The molecule has 0 bridgehead atoms. The van der Waals surface area contributed by atoms with Gasteiger partial charge in [-0.05, 0) is 30.3 Å². The van der Waals surface area contributed by atoms with Crippen LogP contribution in [0.2, 0.25) is 5.02 Å². The van der Waals surface area contributed by atoms with E-state index in [-0.39, 0.29) is 12.5 Å². The molecule has 8 heteroatoms. The number of fused-ring (bicyclic) bond motifs is 1. The van der Waals surface area contributed by atoms with Gasteiger partial charge < -0.3 is 23.9 Å². The number of amides is 1. The smallest absolute Gasteiger partial charge is 0.269 e. The van der Waals surface area contributed by atoms with E-state index in [0.717, 1.165) is 0 Å². The summed E-state index contributed by atoms with van der Waals surface area (Å²) in [6.07, 6.45) is 2.10. The molecule has 1 aliphatic heterocycles. The van der Waals surface area contributed by atoms with Crippen LogP contribution in [0.1, 0.15) is 0 Å². The number of halogens is 1. The molecule has 1 aromatic heterocycles. The van der Waals surface area contributed by atoms with E-state index in [0.29, 0.717) is 39.3 Å². The van der Waals surface area contributed by atoms with Crippen molar-refractivity contribution >= 4 is 23.2 Å². The molecule has 0 spiro atoms. The molecule has 0 fully saturated rings. The first-order valence-electron chi connectivity index (χ1n) is 8.11. The van der Waals surface area contributed by atoms with Gasteiger partial charge in [-0.15, -0.1) is 0 Å². The molecule has 0 radical (unpaired) electrons. The highest BCUT2D eigenvalue weighted by molar-refractivity contribution is 6.33. The van der Waals surface area contributed by atoms with E-state index >= 15 is 0 Å². The fourth-order valence-corrected chi connectivity index (χ4v) is 2.95. The van der Waals surface area contributed by atoms with Crippen molar-refractivity contribution in [1.82, 2.24) is 4.98 Å². The summed E-state index contributed by atoms with van der Waals surface area (Å²) >= 11 is 6.28. The summed E-state index contributed by atoms with van der Waals surface area (Å²) in [5, 5.41) is 3.21. The molecule has 1 unspecified atom stereocenters. The molecule has 1 aliphatic rings. The van der Waals surface area contributed by atoms with Crippen LogP contribution in [0.3, 0.4) is 0 Å². The van der Waals surface area contributed by atoms with Gasteiger partial charge in [-0.2, -0.15) is 0 Å². The molecular weight excluding hydrogens is 372 g/mol. The fraction of sp³-hybridized carbons (Fsp3) is 0.158. The number of benzene rings is 2. The van der Waals surface area contributed by atoms with Crippen LogP contribution in [-0.2, 0) is 4.79 Å². The Balaban J connectivity index is 1.47. The van der Waals surface area contributed by atoms with E-state index < -0.39 is 6.10 Å². The van der Waals surface area contributed by atoms with Crippen LogP contribution in [0.25, 0.3) is 11.3 Å². The first kappa shape index (κ1) is 17.2. The average molecular weight is 387 g/mol. The molecule has 3 aromatic rings. The summed E-state index contributed by atoms with van der Waals surface area (Å²) in [4.78, 5) is 16.4. The minimum absolute atomic E-state index is 0.106. The molecule has 27 heavy (non-hydrogen) atoms. The van der Waals surface area contributed by atoms with Gasteiger partial charge in [0.05, 0.1) is 18.3 Å². The van der Waals surface area contributed by atoms with Crippen LogP contribution in [0.5, 0.6) is 17.2 Å². The predicted octanol–water partition coefficient (Wildman–Crippen LogP) is 3.78. The SMILES string of the molecule is COc1ccc2c(c1)OC(C(=O)Nc1ccc(-c3cnco3)c(Cl)c1)CO2. The summed E-state index contributed by atoms with van der Waals surface area (Å²) in [6, 6.07) is 10.3. The summed E-state index contributed by atoms with van der Waals surface area (Å²) in [7, 11) is 1.56. The van der Waals surface area contributed by atoms with Crippen molar-refractivity contribution in [3.8, 4) is 28.6 Å². The van der Waals surface area contributed by atoms with E-state index in [4.69, 9.17) is 30.2 Å². The van der Waals surface area contributed by atoms with Crippen LogP contribution < -0.4 is 19.5 Å². The third kappa shape index (κ3) is 3.54. The second-order valence-electron chi connectivity index (χ2n) is 5.78. The minimum Gasteiger partial charge on any atom is -0.497 e. The predicted molar refractivity (Wildman–Crippen MR) is 98.5 cm³/mol. The molecule has 1 amide bonds. The Kier molecular flexibility index (Phi) is 4.60. The van der Waals surface area contributed by atoms with E-state index in [2.05, 4.69) is 10.3 Å². The van der Waals surface area contributed by atoms with Crippen molar-refractivity contribution in [2.24, 2.45) is 0 Å². The van der Waals surface area contributed by atoms with Crippen molar-refractivity contribution in [3.63, 3.8) is 0 Å². The highest BCUT2D eigenvalue weighted by atomic mass is 35.5. The molecule has 1 N–H and O–H groups in total. The van der Waals surface area contributed by atoms with Crippen molar-refractivity contribution in [2.75, 3.05) is 19.0 Å². The topological polar surface area (TPSA) is 82.8 Å². The number of hydrogen-bond donors (Lipinski definition) is 1. The van der Waals surface area contributed by atoms with Crippen molar-refractivity contribution in [1.29, 1.82) is 0 Å². The van der Waals surface area contributed by atoms with E-state index in [1.165, 1.54) is 6.39 Å². The lowest BCUT2D eigenvalue weighted by molar-refractivity contribution is -0.125. The highest BCUT2D eigenvalue weighted by Gasteiger charge is 2.28. The number of ether oxygens (including phenoxy) is 3. The van der Waals surface area contributed by atoms with E-state index in [1.807, 2.05) is 0 Å². The lowest BCUT2D eigenvalue weighted by atomic mass is 10.1. The quantitative estimate of drug-likeness (QED) is 0.734. The van der Waals surface area contributed by atoms with Gasteiger partial charge in [-0.3, -0.25) is 4.79 Å². The van der Waals surface area contributed by atoms with Gasteiger partial charge in [0.1, 0.15) is 12.4 Å². The number of carbonyl (C=O) groups excluding carboxylic acids is 1. The number of oxazole rings is 1. The number of carbonyl (C=O) groups is 1. The van der Waals surface area contributed by atoms with E-state index in [9.17, 15) is 4.79 Å². The van der Waals surface area contributed by atoms with Gasteiger partial charge in [-0.25, -0.2) is 4.98 Å². The van der Waals surface area contributed by atoms with Crippen LogP contribution in [-0.4, -0.2) is 30.7 Å². The lowest BCUT2D eigenvalue weighted by Crippen LogP contribution is -2.40. The monoisotopic (exact) mass is 386 g/mol. The molecule has 2 heterocycles. The largest absolute Gasteiger partial charge is 0.497 e. The molecule has 138 valence electrons. The Hall–Kier alpha value is -3.19. The Labute approximate surface area is 159 Å².